The molecule has 0 spiro atoms. The van der Waals surface area contributed by atoms with Crippen molar-refractivity contribution in [1.82, 2.24) is 20.1 Å². The highest BCUT2D eigenvalue weighted by Gasteiger charge is 2.36. The molecule has 1 aromatic heterocycles. The Morgan fingerprint density at radius 3 is 2.87 bits per heavy atom. The van der Waals surface area contributed by atoms with Crippen LogP contribution in [0.25, 0.3) is 0 Å². The molecule has 0 radical (unpaired) electrons. The number of esters is 1. The van der Waals surface area contributed by atoms with Gasteiger partial charge in [-0.1, -0.05) is 24.3 Å². The van der Waals surface area contributed by atoms with Crippen molar-refractivity contribution in [3.05, 3.63) is 53.2 Å². The number of oxazole rings is 1. The first-order valence-corrected chi connectivity index (χ1v) is 9.94. The lowest BCUT2D eigenvalue weighted by Crippen LogP contribution is -2.57. The van der Waals surface area contributed by atoms with Crippen LogP contribution in [-0.4, -0.2) is 65.4 Å². The van der Waals surface area contributed by atoms with Crippen molar-refractivity contribution in [1.29, 1.82) is 0 Å². The highest BCUT2D eigenvalue weighted by atomic mass is 16.5. The van der Waals surface area contributed by atoms with Crippen LogP contribution in [0.15, 0.2) is 34.9 Å². The maximum atomic E-state index is 13.0. The van der Waals surface area contributed by atoms with Gasteiger partial charge in [-0.25, -0.2) is 4.98 Å². The van der Waals surface area contributed by atoms with Crippen molar-refractivity contribution >= 4 is 17.8 Å². The van der Waals surface area contributed by atoms with Gasteiger partial charge < -0.3 is 19.4 Å². The summed E-state index contributed by atoms with van der Waals surface area (Å²) < 4.78 is 10.2. The monoisotopic (exact) mass is 412 g/mol. The number of nitrogens with one attached hydrogen (secondary N) is 1. The molecule has 1 atom stereocenters. The van der Waals surface area contributed by atoms with Gasteiger partial charge in [-0.05, 0) is 17.5 Å². The second-order valence-electron chi connectivity index (χ2n) is 7.44. The number of nitrogens with zero attached hydrogens (tertiary/aromatic N) is 3. The molecular weight excluding hydrogens is 388 g/mol. The highest BCUT2D eigenvalue weighted by molar-refractivity contribution is 5.98. The maximum absolute atomic E-state index is 13.0. The standard InChI is InChI=1S/C21H24N4O5/c1-29-19(26)10-17-20(27)22-7-9-25(17)21(28)16-13-30-18(23-16)12-24-8-6-14-4-2-3-5-15(14)11-24/h2-5,13,17H,6-12H2,1H3,(H,22,27)/t17-/m0/s1. The molecule has 9 nitrogen and oxygen atoms in total. The van der Waals surface area contributed by atoms with Crippen molar-refractivity contribution in [3.63, 3.8) is 0 Å². The minimum atomic E-state index is -0.919. The second kappa shape index (κ2) is 8.66. The molecule has 1 aromatic carbocycles. The summed E-state index contributed by atoms with van der Waals surface area (Å²) in [5.41, 5.74) is 2.78. The number of methoxy groups -OCH3 is 1. The molecule has 2 aromatic rings. The van der Waals surface area contributed by atoms with Gasteiger partial charge in [-0.3, -0.25) is 19.3 Å². The second-order valence-corrected chi connectivity index (χ2v) is 7.44. The number of benzene rings is 1. The van der Waals surface area contributed by atoms with Crippen LogP contribution >= 0.6 is 0 Å². The quantitative estimate of drug-likeness (QED) is 0.722. The first-order chi connectivity index (χ1) is 14.5. The van der Waals surface area contributed by atoms with Crippen molar-refractivity contribution in [2.45, 2.75) is 32.0 Å². The van der Waals surface area contributed by atoms with E-state index in [1.165, 1.54) is 29.4 Å². The molecule has 0 aliphatic carbocycles. The van der Waals surface area contributed by atoms with Crippen molar-refractivity contribution in [2.75, 3.05) is 26.7 Å². The van der Waals surface area contributed by atoms with E-state index in [0.29, 0.717) is 19.0 Å². The third-order valence-corrected chi connectivity index (χ3v) is 5.52. The smallest absolute Gasteiger partial charge is 0.308 e. The molecular formula is C21H24N4O5. The fraction of sp³-hybridized carbons (Fsp3) is 0.429. The van der Waals surface area contributed by atoms with Gasteiger partial charge in [0, 0.05) is 26.2 Å². The lowest BCUT2D eigenvalue weighted by molar-refractivity contribution is -0.145. The Bertz CT molecular complexity index is 956. The summed E-state index contributed by atoms with van der Waals surface area (Å²) in [4.78, 5) is 44.7. The van der Waals surface area contributed by atoms with Gasteiger partial charge in [0.25, 0.3) is 5.91 Å². The number of rotatable bonds is 5. The lowest BCUT2D eigenvalue weighted by Gasteiger charge is -2.33. The average Bonchev–Trinajstić information content (AvgIpc) is 3.23. The summed E-state index contributed by atoms with van der Waals surface area (Å²) in [6, 6.07) is 7.43. The zero-order valence-electron chi connectivity index (χ0n) is 16.8. The van der Waals surface area contributed by atoms with Crippen molar-refractivity contribution < 1.29 is 23.5 Å². The van der Waals surface area contributed by atoms with Crippen LogP contribution in [0.4, 0.5) is 0 Å². The van der Waals surface area contributed by atoms with Gasteiger partial charge in [0.2, 0.25) is 11.8 Å². The Balaban J connectivity index is 1.43. The molecule has 3 heterocycles. The number of ether oxygens (including phenoxy) is 1. The fourth-order valence-corrected chi connectivity index (χ4v) is 3.91. The minimum Gasteiger partial charge on any atom is -0.469 e. The average molecular weight is 412 g/mol. The zero-order chi connectivity index (χ0) is 21.1. The molecule has 1 N–H and O–H groups in total. The van der Waals surface area contributed by atoms with Gasteiger partial charge in [0.15, 0.2) is 5.69 Å². The Labute approximate surface area is 174 Å². The Kier molecular flexibility index (Phi) is 5.80. The van der Waals surface area contributed by atoms with Crippen LogP contribution in [-0.2, 0) is 33.8 Å². The van der Waals surface area contributed by atoms with Gasteiger partial charge in [-0.2, -0.15) is 0 Å². The van der Waals surface area contributed by atoms with E-state index < -0.39 is 17.9 Å². The van der Waals surface area contributed by atoms with E-state index >= 15 is 0 Å². The third kappa shape index (κ3) is 4.20. The first-order valence-electron chi connectivity index (χ1n) is 9.94. The number of aromatic nitrogens is 1. The van der Waals surface area contributed by atoms with Crippen LogP contribution in [0.3, 0.4) is 0 Å². The molecule has 0 saturated carbocycles. The van der Waals surface area contributed by atoms with Crippen LogP contribution in [0, 0.1) is 0 Å². The van der Waals surface area contributed by atoms with E-state index in [9.17, 15) is 14.4 Å². The largest absolute Gasteiger partial charge is 0.469 e. The van der Waals surface area contributed by atoms with Gasteiger partial charge in [-0.15, -0.1) is 0 Å². The summed E-state index contributed by atoms with van der Waals surface area (Å²) in [6.45, 7) is 2.79. The number of carbonyl (C=O) groups excluding carboxylic acids is 3. The predicted molar refractivity (Wildman–Crippen MR) is 105 cm³/mol. The predicted octanol–water partition coefficient (Wildman–Crippen LogP) is 0.737. The Hall–Kier alpha value is -3.20. The van der Waals surface area contributed by atoms with Gasteiger partial charge >= 0.3 is 5.97 Å². The summed E-state index contributed by atoms with van der Waals surface area (Å²) in [5, 5.41) is 2.67. The van der Waals surface area contributed by atoms with Crippen LogP contribution in [0.2, 0.25) is 0 Å². The molecule has 2 aliphatic rings. The molecule has 158 valence electrons. The number of hydrogen-bond acceptors (Lipinski definition) is 7. The topological polar surface area (TPSA) is 105 Å². The summed E-state index contributed by atoms with van der Waals surface area (Å²) in [7, 11) is 1.25. The van der Waals surface area contributed by atoms with E-state index in [4.69, 9.17) is 4.42 Å². The SMILES string of the molecule is COC(=O)C[C@H]1C(=O)NCCN1C(=O)c1coc(CN2CCc3ccccc3C2)n1. The Morgan fingerprint density at radius 2 is 2.07 bits per heavy atom. The number of hydrogen-bond donors (Lipinski definition) is 1. The molecule has 1 fully saturated rings. The van der Waals surface area contributed by atoms with Gasteiger partial charge in [0.05, 0.1) is 20.1 Å². The van der Waals surface area contributed by atoms with E-state index in [1.54, 1.807) is 0 Å². The lowest BCUT2D eigenvalue weighted by atomic mass is 10.00. The fourth-order valence-electron chi connectivity index (χ4n) is 3.91. The number of piperazine rings is 1. The molecule has 30 heavy (non-hydrogen) atoms. The van der Waals surface area contributed by atoms with E-state index in [-0.39, 0.29) is 24.6 Å². The molecule has 9 heteroatoms. The number of fused-ring (bicyclic) bond motifs is 1. The van der Waals surface area contributed by atoms with E-state index in [2.05, 4.69) is 38.1 Å². The Morgan fingerprint density at radius 1 is 1.27 bits per heavy atom. The molecule has 1 saturated heterocycles. The van der Waals surface area contributed by atoms with Crippen LogP contribution < -0.4 is 5.32 Å². The van der Waals surface area contributed by atoms with Crippen LogP contribution in [0.5, 0.6) is 0 Å². The molecule has 4 rings (SSSR count). The highest BCUT2D eigenvalue weighted by Crippen LogP contribution is 2.21. The molecule has 2 aliphatic heterocycles. The van der Waals surface area contributed by atoms with E-state index in [0.717, 1.165) is 19.5 Å². The van der Waals surface area contributed by atoms with Crippen LogP contribution in [0.1, 0.15) is 33.9 Å². The maximum Gasteiger partial charge on any atom is 0.308 e. The first kappa shape index (κ1) is 20.1. The number of carbonyl (C=O) groups is 3. The van der Waals surface area contributed by atoms with Gasteiger partial charge in [0.1, 0.15) is 12.3 Å². The van der Waals surface area contributed by atoms with Crippen molar-refractivity contribution in [3.8, 4) is 0 Å². The number of amides is 2. The summed E-state index contributed by atoms with van der Waals surface area (Å²) in [6.07, 6.45) is 2.07. The third-order valence-electron chi connectivity index (χ3n) is 5.52. The van der Waals surface area contributed by atoms with E-state index in [1.807, 2.05) is 6.07 Å². The molecule has 0 unspecified atom stereocenters. The molecule has 0 bridgehead atoms. The van der Waals surface area contributed by atoms with Crippen molar-refractivity contribution in [2.24, 2.45) is 0 Å². The zero-order valence-corrected chi connectivity index (χ0v) is 16.8. The minimum absolute atomic E-state index is 0.131. The molecule has 2 amide bonds. The summed E-state index contributed by atoms with van der Waals surface area (Å²) in [5.74, 6) is -0.918. The normalized spacial score (nSPS) is 19.2. The summed E-state index contributed by atoms with van der Waals surface area (Å²) >= 11 is 0.